The first-order chi connectivity index (χ1) is 3.43. The fraction of sp³-hybridized carbons (Fsp3) is 0. The molecule has 1 nitrogen and oxygen atoms in total. The number of rotatable bonds is 1. The molecule has 0 unspecified atom stereocenters. The van der Waals surface area contributed by atoms with E-state index in [9.17, 15) is 0 Å². The Kier molecular flexibility index (Phi) is 2.03. The van der Waals surface area contributed by atoms with Crippen LogP contribution in [0.1, 0.15) is 0 Å². The van der Waals surface area contributed by atoms with Gasteiger partial charge in [0.25, 0.3) is 0 Å². The molecule has 0 fully saturated rings. The van der Waals surface area contributed by atoms with E-state index in [0.717, 1.165) is 0 Å². The molecule has 0 amide bonds. The fourth-order valence-electron chi connectivity index (χ4n) is 0.369. The molecule has 0 saturated heterocycles. The minimum atomic E-state index is -0.488. The molecule has 34 valence electrons. The van der Waals surface area contributed by atoms with Gasteiger partial charge in [0.2, 0.25) is 0 Å². The number of hydrogen-bond acceptors (Lipinski definition) is 1. The van der Waals surface area contributed by atoms with Crippen LogP contribution in [-0.2, 0) is 0 Å². The third-order valence-corrected chi connectivity index (χ3v) is 2.37. The normalized spacial score (nSPS) is 8.14. The molecule has 0 spiro atoms. The summed E-state index contributed by atoms with van der Waals surface area (Å²) < 4.78 is 5.92. The summed E-state index contributed by atoms with van der Waals surface area (Å²) in [6, 6.07) is 1.90. The van der Waals surface area contributed by atoms with Crippen molar-refractivity contribution in [1.29, 1.82) is 0 Å². The SMILES string of the molecule is [Cl][Mg][c]1ccoc1. The Balaban J connectivity index is 2.76. The smallest absolute Gasteiger partial charge is 0.475 e. The highest BCUT2D eigenvalue weighted by Crippen LogP contribution is 1.81. The summed E-state index contributed by atoms with van der Waals surface area (Å²) in [4.78, 5) is 0. The monoisotopic (exact) mass is 126 g/mol. The van der Waals surface area contributed by atoms with Crippen molar-refractivity contribution >= 4 is 32.0 Å². The summed E-state index contributed by atoms with van der Waals surface area (Å²) in [5.74, 6) is 0. The van der Waals surface area contributed by atoms with E-state index >= 15 is 0 Å². The molecule has 0 aliphatic rings. The molecule has 0 N–H and O–H groups in total. The molecule has 7 heavy (non-hydrogen) atoms. The van der Waals surface area contributed by atoms with Crippen LogP contribution in [0.2, 0.25) is 0 Å². The largest absolute Gasteiger partial charge is 0.542 e. The van der Waals surface area contributed by atoms with Gasteiger partial charge in [-0.3, -0.25) is 0 Å². The summed E-state index contributed by atoms with van der Waals surface area (Å²) in [5, 5.41) is 0. The van der Waals surface area contributed by atoms with Gasteiger partial charge < -0.3 is 13.5 Å². The van der Waals surface area contributed by atoms with E-state index in [2.05, 4.69) is 0 Å². The average molecular weight is 127 g/mol. The van der Waals surface area contributed by atoms with Gasteiger partial charge in [-0.05, 0) is 6.07 Å². The van der Waals surface area contributed by atoms with Crippen molar-refractivity contribution in [3.05, 3.63) is 18.6 Å². The highest BCUT2D eigenvalue weighted by molar-refractivity contribution is 7.01. The molecule has 1 heterocycles. The zero-order chi connectivity index (χ0) is 5.11. The molecular formula is C4H3ClMgO. The molecule has 3 heteroatoms. The molecule has 1 aromatic heterocycles. The van der Waals surface area contributed by atoms with Gasteiger partial charge in [0, 0.05) is 0 Å². The van der Waals surface area contributed by atoms with E-state index in [1.165, 1.54) is 3.69 Å². The van der Waals surface area contributed by atoms with Crippen LogP contribution in [0.3, 0.4) is 0 Å². The predicted molar refractivity (Wildman–Crippen MR) is 29.9 cm³/mol. The minimum Gasteiger partial charge on any atom is -0.475 e. The van der Waals surface area contributed by atoms with Crippen LogP contribution in [0.4, 0.5) is 0 Å². The summed E-state index contributed by atoms with van der Waals surface area (Å²) in [6.07, 6.45) is 3.34. The van der Waals surface area contributed by atoms with E-state index < -0.39 is 19.3 Å². The van der Waals surface area contributed by atoms with E-state index in [1.807, 2.05) is 6.07 Å². The third-order valence-electron chi connectivity index (χ3n) is 0.734. The Morgan fingerprint density at radius 2 is 2.57 bits per heavy atom. The maximum absolute atomic E-state index is 5.55. The molecule has 1 rings (SSSR count). The van der Waals surface area contributed by atoms with Crippen LogP contribution in [0, 0.1) is 0 Å². The highest BCUT2D eigenvalue weighted by Gasteiger charge is 1.92. The van der Waals surface area contributed by atoms with Crippen molar-refractivity contribution in [3.63, 3.8) is 0 Å². The van der Waals surface area contributed by atoms with Gasteiger partial charge in [-0.1, -0.05) is 0 Å². The molecule has 0 saturated carbocycles. The second-order valence-corrected chi connectivity index (χ2v) is 3.15. The van der Waals surface area contributed by atoms with Crippen molar-refractivity contribution in [2.75, 3.05) is 0 Å². The predicted octanol–water partition coefficient (Wildman–Crippen LogP) is 0.763. The minimum absolute atomic E-state index is 0.488. The van der Waals surface area contributed by atoms with Gasteiger partial charge in [0.05, 0.1) is 12.5 Å². The molecule has 0 radical (unpaired) electrons. The van der Waals surface area contributed by atoms with Crippen LogP contribution in [0.5, 0.6) is 0 Å². The van der Waals surface area contributed by atoms with Crippen molar-refractivity contribution in [3.8, 4) is 0 Å². The Morgan fingerprint density at radius 3 is 2.86 bits per heavy atom. The Morgan fingerprint density at radius 1 is 1.71 bits per heavy atom. The maximum atomic E-state index is 5.55. The van der Waals surface area contributed by atoms with Crippen LogP contribution in [-0.4, -0.2) is 19.3 Å². The summed E-state index contributed by atoms with van der Waals surface area (Å²) in [6.45, 7) is 0. The lowest BCUT2D eigenvalue weighted by Crippen LogP contribution is -2.02. The molecule has 1 aromatic rings. The lowest BCUT2D eigenvalue weighted by atomic mass is 10.7. The topological polar surface area (TPSA) is 13.1 Å². The zero-order valence-electron chi connectivity index (χ0n) is 3.73. The molecule has 0 atom stereocenters. The first kappa shape index (κ1) is 5.47. The van der Waals surface area contributed by atoms with Gasteiger partial charge >= 0.3 is 19.3 Å². The van der Waals surface area contributed by atoms with Crippen molar-refractivity contribution in [2.45, 2.75) is 0 Å². The zero-order valence-corrected chi connectivity index (χ0v) is 5.90. The fourth-order valence-corrected chi connectivity index (χ4v) is 1.17. The third kappa shape index (κ3) is 1.37. The van der Waals surface area contributed by atoms with E-state index in [-0.39, 0.29) is 0 Å². The van der Waals surface area contributed by atoms with Gasteiger partial charge in [-0.15, -0.1) is 3.69 Å². The first-order valence-electron chi connectivity index (χ1n) is 2.00. The van der Waals surface area contributed by atoms with Gasteiger partial charge in [-0.2, -0.15) is 0 Å². The number of furan rings is 1. The quantitative estimate of drug-likeness (QED) is 0.507. The maximum Gasteiger partial charge on any atom is 0.542 e. The van der Waals surface area contributed by atoms with E-state index in [1.54, 1.807) is 12.5 Å². The van der Waals surface area contributed by atoms with Crippen LogP contribution in [0.25, 0.3) is 0 Å². The second-order valence-electron chi connectivity index (χ2n) is 1.27. The van der Waals surface area contributed by atoms with Gasteiger partial charge in [0.1, 0.15) is 0 Å². The van der Waals surface area contributed by atoms with Gasteiger partial charge in [-0.25, -0.2) is 0 Å². The summed E-state index contributed by atoms with van der Waals surface area (Å²) in [5.41, 5.74) is 0. The Labute approximate surface area is 55.2 Å². The van der Waals surface area contributed by atoms with Crippen LogP contribution < -0.4 is 3.69 Å². The standard InChI is InChI=1S/C4H3O.ClH.Mg/c1-2-4-5-3-1;;/h1,3-4H;1H;/q;;+1/p-1. The van der Waals surface area contributed by atoms with E-state index in [4.69, 9.17) is 13.5 Å². The van der Waals surface area contributed by atoms with Crippen molar-refractivity contribution < 1.29 is 4.42 Å². The first-order valence-corrected chi connectivity index (χ1v) is 4.85. The van der Waals surface area contributed by atoms with Crippen LogP contribution >= 0.6 is 9.07 Å². The lowest BCUT2D eigenvalue weighted by molar-refractivity contribution is 0.569. The number of halogens is 1. The molecule has 0 aliphatic heterocycles. The Hall–Kier alpha value is 0.336. The van der Waals surface area contributed by atoms with Crippen molar-refractivity contribution in [1.82, 2.24) is 0 Å². The Bertz CT molecular complexity index is 126. The summed E-state index contributed by atoms with van der Waals surface area (Å²) >= 11 is -0.488. The second kappa shape index (κ2) is 2.60. The van der Waals surface area contributed by atoms with E-state index in [0.29, 0.717) is 0 Å². The van der Waals surface area contributed by atoms with Gasteiger partial charge in [0.15, 0.2) is 0 Å². The van der Waals surface area contributed by atoms with Crippen LogP contribution in [0.15, 0.2) is 23.0 Å². The molecule has 0 bridgehead atoms. The highest BCUT2D eigenvalue weighted by atomic mass is 35.5. The number of hydrogen-bond donors (Lipinski definition) is 0. The molecular weight excluding hydrogens is 124 g/mol. The molecule has 0 aliphatic carbocycles. The average Bonchev–Trinajstić information content (AvgIpc) is 2.14. The summed E-state index contributed by atoms with van der Waals surface area (Å²) in [7, 11) is 5.55. The molecule has 0 aromatic carbocycles. The van der Waals surface area contributed by atoms with Crippen molar-refractivity contribution in [2.24, 2.45) is 0 Å². The lowest BCUT2D eigenvalue weighted by Gasteiger charge is -1.71.